The third-order valence-electron chi connectivity index (χ3n) is 4.60. The molecule has 2 atom stereocenters. The van der Waals surface area contributed by atoms with Gasteiger partial charge in [-0.15, -0.1) is 0 Å². The Labute approximate surface area is 154 Å². The van der Waals surface area contributed by atoms with E-state index in [1.54, 1.807) is 30.9 Å². The molecule has 0 spiro atoms. The number of hydrogen-bond donors (Lipinski definition) is 2. The molecule has 2 amide bonds. The Balaban J connectivity index is 1.94. The second-order valence-electron chi connectivity index (χ2n) is 7.66. The monoisotopic (exact) mass is 367 g/mol. The van der Waals surface area contributed by atoms with Crippen LogP contribution in [-0.4, -0.2) is 65.9 Å². The van der Waals surface area contributed by atoms with Crippen molar-refractivity contribution in [3.8, 4) is 5.75 Å². The van der Waals surface area contributed by atoms with Crippen LogP contribution in [0.15, 0.2) is 18.2 Å². The van der Waals surface area contributed by atoms with Crippen molar-refractivity contribution >= 4 is 6.03 Å². The molecule has 6 nitrogen and oxygen atoms in total. The van der Waals surface area contributed by atoms with E-state index in [1.165, 1.54) is 13.2 Å². The van der Waals surface area contributed by atoms with E-state index in [1.807, 2.05) is 13.8 Å². The largest absolute Gasteiger partial charge is 0.494 e. The van der Waals surface area contributed by atoms with Gasteiger partial charge in [-0.25, -0.2) is 9.18 Å². The summed E-state index contributed by atoms with van der Waals surface area (Å²) in [5.74, 6) is -0.261. The second-order valence-corrected chi connectivity index (χ2v) is 7.66. The molecule has 26 heavy (non-hydrogen) atoms. The molecule has 2 unspecified atom stereocenters. The number of piperazine rings is 1. The summed E-state index contributed by atoms with van der Waals surface area (Å²) in [5, 5.41) is 12.9. The number of rotatable bonds is 5. The number of amides is 2. The Morgan fingerprint density at radius 3 is 2.69 bits per heavy atom. The minimum absolute atomic E-state index is 0.0332. The molecule has 146 valence electrons. The Morgan fingerprint density at radius 2 is 2.15 bits per heavy atom. The predicted molar refractivity (Wildman–Crippen MR) is 98.8 cm³/mol. The number of carbonyl (C=O) groups excluding carboxylic acids is 1. The van der Waals surface area contributed by atoms with Crippen LogP contribution >= 0.6 is 0 Å². The first kappa shape index (κ1) is 20.5. The van der Waals surface area contributed by atoms with Gasteiger partial charge in [0.25, 0.3) is 0 Å². The van der Waals surface area contributed by atoms with Crippen LogP contribution in [-0.2, 0) is 0 Å². The quantitative estimate of drug-likeness (QED) is 0.839. The molecule has 1 aliphatic heterocycles. The molecule has 2 N–H and O–H groups in total. The number of nitrogens with zero attached hydrogens (tertiary/aromatic N) is 2. The molecule has 0 bridgehead atoms. The summed E-state index contributed by atoms with van der Waals surface area (Å²) in [5.41, 5.74) is -0.0677. The third-order valence-corrected chi connectivity index (χ3v) is 4.60. The first-order chi connectivity index (χ1) is 12.1. The number of carbonyl (C=O) groups is 1. The van der Waals surface area contributed by atoms with Crippen LogP contribution in [0.25, 0.3) is 0 Å². The lowest BCUT2D eigenvalue weighted by Crippen LogP contribution is -2.58. The summed E-state index contributed by atoms with van der Waals surface area (Å²) in [6.07, 6.45) is 0. The Kier molecular flexibility index (Phi) is 6.47. The zero-order chi connectivity index (χ0) is 19.5. The van der Waals surface area contributed by atoms with Crippen LogP contribution in [0.2, 0.25) is 0 Å². The summed E-state index contributed by atoms with van der Waals surface area (Å²) in [6.45, 7) is 9.98. The van der Waals surface area contributed by atoms with E-state index in [-0.39, 0.29) is 23.9 Å². The van der Waals surface area contributed by atoms with Gasteiger partial charge in [0.05, 0.1) is 18.8 Å². The molecule has 1 saturated heterocycles. The molecule has 0 radical (unpaired) electrons. The number of methoxy groups -OCH3 is 1. The fourth-order valence-corrected chi connectivity index (χ4v) is 3.33. The molecule has 0 aromatic heterocycles. The molecule has 1 aromatic rings. The van der Waals surface area contributed by atoms with Crippen LogP contribution in [0.5, 0.6) is 5.75 Å². The fourth-order valence-electron chi connectivity index (χ4n) is 3.33. The maximum Gasteiger partial charge on any atom is 0.318 e. The number of halogens is 1. The zero-order valence-electron chi connectivity index (χ0n) is 16.3. The van der Waals surface area contributed by atoms with Crippen molar-refractivity contribution in [2.24, 2.45) is 0 Å². The van der Waals surface area contributed by atoms with Crippen molar-refractivity contribution in [3.05, 3.63) is 29.6 Å². The molecule has 2 rings (SSSR count). The van der Waals surface area contributed by atoms with Crippen LogP contribution in [0.1, 0.15) is 39.3 Å². The fraction of sp³-hybridized carbons (Fsp3) is 0.632. The Hall–Kier alpha value is -1.86. The highest BCUT2D eigenvalue weighted by Crippen LogP contribution is 2.22. The van der Waals surface area contributed by atoms with Gasteiger partial charge in [-0.05, 0) is 45.4 Å². The molecule has 1 aliphatic rings. The SMILES string of the molecule is COc1ccc(C(C)NC(=O)N2CCN(CC(C)(C)O)CC2C)cc1F. The molecule has 0 saturated carbocycles. The molecular formula is C19H30FN3O3. The molecule has 0 aliphatic carbocycles. The van der Waals surface area contributed by atoms with Crippen molar-refractivity contribution in [2.75, 3.05) is 33.3 Å². The predicted octanol–water partition coefficient (Wildman–Crippen LogP) is 2.38. The van der Waals surface area contributed by atoms with Crippen LogP contribution in [0.4, 0.5) is 9.18 Å². The highest BCUT2D eigenvalue weighted by molar-refractivity contribution is 5.75. The van der Waals surface area contributed by atoms with Crippen LogP contribution in [0, 0.1) is 5.82 Å². The highest BCUT2D eigenvalue weighted by atomic mass is 19.1. The Morgan fingerprint density at radius 1 is 1.46 bits per heavy atom. The molecule has 1 fully saturated rings. The number of hydrogen-bond acceptors (Lipinski definition) is 4. The Bertz CT molecular complexity index is 633. The van der Waals surface area contributed by atoms with Crippen LogP contribution in [0.3, 0.4) is 0 Å². The van der Waals surface area contributed by atoms with Crippen molar-refractivity contribution in [3.63, 3.8) is 0 Å². The van der Waals surface area contributed by atoms with E-state index in [4.69, 9.17) is 4.74 Å². The smallest absolute Gasteiger partial charge is 0.318 e. The molecule has 7 heteroatoms. The molecule has 1 heterocycles. The van der Waals surface area contributed by atoms with E-state index < -0.39 is 11.4 Å². The standard InChI is InChI=1S/C19H30FN3O3/c1-13-11-22(12-19(3,4)25)8-9-23(13)18(24)21-14(2)15-6-7-17(26-5)16(20)10-15/h6-7,10,13-14,25H,8-9,11-12H2,1-5H3,(H,21,24). The molecular weight excluding hydrogens is 337 g/mol. The minimum atomic E-state index is -0.753. The van der Waals surface area contributed by atoms with E-state index in [0.29, 0.717) is 31.7 Å². The topological polar surface area (TPSA) is 65.0 Å². The minimum Gasteiger partial charge on any atom is -0.494 e. The van der Waals surface area contributed by atoms with Crippen molar-refractivity contribution in [1.29, 1.82) is 0 Å². The number of ether oxygens (including phenoxy) is 1. The van der Waals surface area contributed by atoms with Gasteiger partial charge in [-0.2, -0.15) is 0 Å². The van der Waals surface area contributed by atoms with E-state index in [0.717, 1.165) is 0 Å². The maximum absolute atomic E-state index is 13.9. The van der Waals surface area contributed by atoms with Crippen molar-refractivity contribution < 1.29 is 19.0 Å². The van der Waals surface area contributed by atoms with Gasteiger partial charge in [0.2, 0.25) is 0 Å². The summed E-state index contributed by atoms with van der Waals surface area (Å²) in [4.78, 5) is 16.6. The average Bonchev–Trinajstić information content (AvgIpc) is 2.53. The van der Waals surface area contributed by atoms with Gasteiger partial charge < -0.3 is 20.1 Å². The first-order valence-corrected chi connectivity index (χ1v) is 8.96. The lowest BCUT2D eigenvalue weighted by atomic mass is 10.1. The number of urea groups is 1. The van der Waals surface area contributed by atoms with E-state index in [9.17, 15) is 14.3 Å². The number of nitrogens with one attached hydrogen (secondary N) is 1. The summed E-state index contributed by atoms with van der Waals surface area (Å²) < 4.78 is 18.8. The number of aliphatic hydroxyl groups is 1. The maximum atomic E-state index is 13.9. The van der Waals surface area contributed by atoms with Crippen molar-refractivity contribution in [1.82, 2.24) is 15.1 Å². The second kappa shape index (κ2) is 8.22. The highest BCUT2D eigenvalue weighted by Gasteiger charge is 2.30. The van der Waals surface area contributed by atoms with Crippen LogP contribution < -0.4 is 10.1 Å². The molecule has 1 aromatic carbocycles. The van der Waals surface area contributed by atoms with Gasteiger partial charge in [0.15, 0.2) is 11.6 Å². The van der Waals surface area contributed by atoms with Gasteiger partial charge in [-0.3, -0.25) is 4.90 Å². The number of benzene rings is 1. The summed E-state index contributed by atoms with van der Waals surface area (Å²) in [7, 11) is 1.42. The average molecular weight is 367 g/mol. The van der Waals surface area contributed by atoms with Gasteiger partial charge in [0.1, 0.15) is 0 Å². The first-order valence-electron chi connectivity index (χ1n) is 8.96. The van der Waals surface area contributed by atoms with Crippen molar-refractivity contribution in [2.45, 2.75) is 45.4 Å². The zero-order valence-corrected chi connectivity index (χ0v) is 16.3. The van der Waals surface area contributed by atoms with E-state index in [2.05, 4.69) is 10.2 Å². The van der Waals surface area contributed by atoms with Gasteiger partial charge in [-0.1, -0.05) is 6.07 Å². The normalized spacial score (nSPS) is 20.0. The third kappa shape index (κ3) is 5.32. The van der Waals surface area contributed by atoms with Gasteiger partial charge >= 0.3 is 6.03 Å². The summed E-state index contributed by atoms with van der Waals surface area (Å²) >= 11 is 0. The van der Waals surface area contributed by atoms with E-state index >= 15 is 0 Å². The lowest BCUT2D eigenvalue weighted by molar-refractivity contribution is 0.0117. The van der Waals surface area contributed by atoms with Gasteiger partial charge in [0, 0.05) is 32.2 Å². The lowest BCUT2D eigenvalue weighted by Gasteiger charge is -2.41. The summed E-state index contributed by atoms with van der Waals surface area (Å²) in [6, 6.07) is 4.25. The number of β-amino-alcohol motifs (C(OH)–C–C–N with tert-alkyl or cyclic N) is 1.